The summed E-state index contributed by atoms with van der Waals surface area (Å²) < 4.78 is 7.98. The summed E-state index contributed by atoms with van der Waals surface area (Å²) in [6.07, 6.45) is 0.274. The number of fused-ring (bicyclic) bond motifs is 2. The van der Waals surface area contributed by atoms with Gasteiger partial charge in [0.15, 0.2) is 0 Å². The molecule has 2 aromatic carbocycles. The SMILES string of the molecule is COc1ccc2nc(-n3nc(C)c4c3NC(=O)C[C@@H]4c3cccc(Cl)c3Cl)sc2c1. The summed E-state index contributed by atoms with van der Waals surface area (Å²) in [4.78, 5) is 17.3. The van der Waals surface area contributed by atoms with Crippen LogP contribution in [0.25, 0.3) is 15.3 Å². The highest BCUT2D eigenvalue weighted by Crippen LogP contribution is 2.44. The molecule has 30 heavy (non-hydrogen) atoms. The first-order valence-electron chi connectivity index (χ1n) is 9.24. The molecule has 1 atom stereocenters. The maximum Gasteiger partial charge on any atom is 0.226 e. The quantitative estimate of drug-likeness (QED) is 0.434. The fraction of sp³-hybridized carbons (Fsp3) is 0.190. The van der Waals surface area contributed by atoms with Crippen molar-refractivity contribution < 1.29 is 9.53 Å². The first-order chi connectivity index (χ1) is 14.5. The minimum Gasteiger partial charge on any atom is -0.497 e. The molecule has 0 saturated heterocycles. The maximum atomic E-state index is 12.6. The van der Waals surface area contributed by atoms with Crippen LogP contribution in [-0.2, 0) is 4.79 Å². The summed E-state index contributed by atoms with van der Waals surface area (Å²) in [7, 11) is 1.63. The number of carbonyl (C=O) groups is 1. The number of halogens is 2. The molecule has 0 saturated carbocycles. The Kier molecular flexibility index (Phi) is 4.69. The number of ether oxygens (including phenoxy) is 1. The van der Waals surface area contributed by atoms with Gasteiger partial charge in [-0.25, -0.2) is 4.98 Å². The minimum atomic E-state index is -0.233. The lowest BCUT2D eigenvalue weighted by Crippen LogP contribution is -2.25. The minimum absolute atomic E-state index is 0.104. The molecule has 3 heterocycles. The second kappa shape index (κ2) is 7.27. The Balaban J connectivity index is 1.67. The lowest BCUT2D eigenvalue weighted by Gasteiger charge is -2.25. The van der Waals surface area contributed by atoms with Crippen LogP contribution in [-0.4, -0.2) is 27.8 Å². The molecule has 0 spiro atoms. The van der Waals surface area contributed by atoms with Crippen molar-refractivity contribution >= 4 is 56.5 Å². The lowest BCUT2D eigenvalue weighted by molar-refractivity contribution is -0.116. The van der Waals surface area contributed by atoms with Crippen LogP contribution in [0.3, 0.4) is 0 Å². The van der Waals surface area contributed by atoms with Crippen LogP contribution >= 0.6 is 34.5 Å². The molecule has 5 rings (SSSR count). The molecule has 2 aromatic heterocycles. The predicted octanol–water partition coefficient (Wildman–Crippen LogP) is 5.58. The van der Waals surface area contributed by atoms with Crippen molar-refractivity contribution in [2.24, 2.45) is 0 Å². The number of thiazole rings is 1. The number of rotatable bonds is 3. The number of benzene rings is 2. The third kappa shape index (κ3) is 3.05. The third-order valence-corrected chi connectivity index (χ3v) is 7.05. The van der Waals surface area contributed by atoms with E-state index in [0.29, 0.717) is 21.0 Å². The first-order valence-corrected chi connectivity index (χ1v) is 10.8. The van der Waals surface area contributed by atoms with Crippen LogP contribution in [0.5, 0.6) is 5.75 Å². The average molecular weight is 459 g/mol. The average Bonchev–Trinajstić information content (AvgIpc) is 3.29. The molecular formula is C21H16Cl2N4O2S. The number of nitrogens with one attached hydrogen (secondary N) is 1. The molecule has 6 nitrogen and oxygen atoms in total. The van der Waals surface area contributed by atoms with Crippen molar-refractivity contribution in [3.8, 4) is 10.9 Å². The van der Waals surface area contributed by atoms with E-state index in [1.807, 2.05) is 37.3 Å². The highest BCUT2D eigenvalue weighted by atomic mass is 35.5. The first kappa shape index (κ1) is 19.4. The topological polar surface area (TPSA) is 69.0 Å². The summed E-state index contributed by atoms with van der Waals surface area (Å²) in [5.41, 5.74) is 3.39. The van der Waals surface area contributed by atoms with Gasteiger partial charge in [0.25, 0.3) is 0 Å². The summed E-state index contributed by atoms with van der Waals surface area (Å²) in [6.45, 7) is 1.93. The van der Waals surface area contributed by atoms with E-state index in [0.717, 1.165) is 32.8 Å². The van der Waals surface area contributed by atoms with E-state index in [2.05, 4.69) is 5.32 Å². The summed E-state index contributed by atoms with van der Waals surface area (Å²) in [5.74, 6) is 1.05. The normalized spacial score (nSPS) is 15.9. The lowest BCUT2D eigenvalue weighted by atomic mass is 9.86. The van der Waals surface area contributed by atoms with E-state index in [1.54, 1.807) is 17.9 Å². The van der Waals surface area contributed by atoms with Crippen molar-refractivity contribution in [2.45, 2.75) is 19.3 Å². The largest absolute Gasteiger partial charge is 0.497 e. The van der Waals surface area contributed by atoms with Crippen molar-refractivity contribution in [3.05, 3.63) is 63.3 Å². The molecule has 1 amide bonds. The van der Waals surface area contributed by atoms with Gasteiger partial charge < -0.3 is 10.1 Å². The molecule has 1 aliphatic heterocycles. The zero-order valence-electron chi connectivity index (χ0n) is 16.1. The molecule has 0 fully saturated rings. The molecule has 1 N–H and O–H groups in total. The van der Waals surface area contributed by atoms with Crippen molar-refractivity contribution in [1.82, 2.24) is 14.8 Å². The Morgan fingerprint density at radius 3 is 2.90 bits per heavy atom. The van der Waals surface area contributed by atoms with Crippen molar-refractivity contribution in [2.75, 3.05) is 12.4 Å². The Bertz CT molecular complexity index is 1310. The Morgan fingerprint density at radius 1 is 1.27 bits per heavy atom. The van der Waals surface area contributed by atoms with E-state index in [1.165, 1.54) is 11.3 Å². The number of amides is 1. The fourth-order valence-electron chi connectivity index (χ4n) is 3.85. The number of aryl methyl sites for hydroxylation is 1. The molecule has 0 radical (unpaired) electrons. The van der Waals surface area contributed by atoms with E-state index in [-0.39, 0.29) is 18.2 Å². The van der Waals surface area contributed by atoms with Crippen LogP contribution < -0.4 is 10.1 Å². The van der Waals surface area contributed by atoms with Gasteiger partial charge in [-0.05, 0) is 36.8 Å². The fourth-order valence-corrected chi connectivity index (χ4v) is 5.24. The summed E-state index contributed by atoms with van der Waals surface area (Å²) in [5, 5.41) is 9.28. The summed E-state index contributed by atoms with van der Waals surface area (Å²) in [6, 6.07) is 11.2. The zero-order valence-corrected chi connectivity index (χ0v) is 18.4. The number of aromatic nitrogens is 3. The standard InChI is InChI=1S/C21H16Cl2N4O2S/c1-10-18-13(12-4-3-5-14(22)19(12)23)9-17(28)25-20(18)27(26-10)21-24-15-7-6-11(29-2)8-16(15)30-21/h3-8,13H,9H2,1-2H3,(H,25,28)/t13-/m1/s1. The second-order valence-electron chi connectivity index (χ2n) is 7.04. The molecule has 0 unspecified atom stereocenters. The second-order valence-corrected chi connectivity index (χ2v) is 8.83. The van der Waals surface area contributed by atoms with Gasteiger partial charge in [-0.3, -0.25) is 4.79 Å². The van der Waals surface area contributed by atoms with Crippen LogP contribution in [0, 0.1) is 6.92 Å². The van der Waals surface area contributed by atoms with Gasteiger partial charge in [-0.1, -0.05) is 46.7 Å². The van der Waals surface area contributed by atoms with Gasteiger partial charge in [-0.15, -0.1) is 0 Å². The van der Waals surface area contributed by atoms with Gasteiger partial charge in [0, 0.05) is 17.9 Å². The number of methoxy groups -OCH3 is 1. The predicted molar refractivity (Wildman–Crippen MR) is 120 cm³/mol. The molecule has 1 aliphatic rings. The van der Waals surface area contributed by atoms with E-state index in [4.69, 9.17) is 38.0 Å². The molecule has 0 aliphatic carbocycles. The Labute approximate surface area is 186 Å². The highest BCUT2D eigenvalue weighted by molar-refractivity contribution is 7.20. The van der Waals surface area contributed by atoms with E-state index >= 15 is 0 Å². The summed E-state index contributed by atoms with van der Waals surface area (Å²) >= 11 is 14.2. The van der Waals surface area contributed by atoms with E-state index in [9.17, 15) is 4.79 Å². The maximum absolute atomic E-state index is 12.6. The molecular weight excluding hydrogens is 443 g/mol. The Hall–Kier alpha value is -2.61. The van der Waals surface area contributed by atoms with Gasteiger partial charge in [0.1, 0.15) is 11.6 Å². The van der Waals surface area contributed by atoms with Gasteiger partial charge in [-0.2, -0.15) is 9.78 Å². The van der Waals surface area contributed by atoms with Crippen LogP contribution in [0.2, 0.25) is 10.0 Å². The smallest absolute Gasteiger partial charge is 0.226 e. The van der Waals surface area contributed by atoms with Crippen molar-refractivity contribution in [3.63, 3.8) is 0 Å². The number of hydrogen-bond donors (Lipinski definition) is 1. The zero-order chi connectivity index (χ0) is 21.0. The van der Waals surface area contributed by atoms with Crippen LogP contribution in [0.4, 0.5) is 5.82 Å². The molecule has 4 aromatic rings. The molecule has 0 bridgehead atoms. The number of hydrogen-bond acceptors (Lipinski definition) is 5. The van der Waals surface area contributed by atoms with Crippen LogP contribution in [0.15, 0.2) is 36.4 Å². The Morgan fingerprint density at radius 2 is 2.10 bits per heavy atom. The van der Waals surface area contributed by atoms with Crippen molar-refractivity contribution in [1.29, 1.82) is 0 Å². The molecule has 152 valence electrons. The number of anilines is 1. The van der Waals surface area contributed by atoms with Crippen LogP contribution in [0.1, 0.15) is 29.2 Å². The highest BCUT2D eigenvalue weighted by Gasteiger charge is 2.34. The van der Waals surface area contributed by atoms with Gasteiger partial charge in [0.2, 0.25) is 11.0 Å². The molecule has 9 heteroatoms. The number of nitrogens with zero attached hydrogens (tertiary/aromatic N) is 3. The van der Waals surface area contributed by atoms with Gasteiger partial charge in [0.05, 0.1) is 33.1 Å². The monoisotopic (exact) mass is 458 g/mol. The third-order valence-electron chi connectivity index (χ3n) is 5.22. The van der Waals surface area contributed by atoms with E-state index < -0.39 is 0 Å². The van der Waals surface area contributed by atoms with Gasteiger partial charge >= 0.3 is 0 Å². The number of carbonyl (C=O) groups excluding carboxylic acids is 1.